The fourth-order valence-corrected chi connectivity index (χ4v) is 2.34. The lowest BCUT2D eigenvalue weighted by Crippen LogP contribution is -2.22. The average molecular weight is 251 g/mol. The lowest BCUT2D eigenvalue weighted by atomic mass is 10.0. The van der Waals surface area contributed by atoms with Crippen LogP contribution in [0.15, 0.2) is 0 Å². The third-order valence-corrected chi connectivity index (χ3v) is 3.75. The van der Waals surface area contributed by atoms with E-state index in [1.165, 1.54) is 36.9 Å². The summed E-state index contributed by atoms with van der Waals surface area (Å²) in [4.78, 5) is 0. The van der Waals surface area contributed by atoms with Crippen LogP contribution in [0, 0.1) is 13.8 Å². The molecule has 0 bridgehead atoms. The lowest BCUT2D eigenvalue weighted by molar-refractivity contribution is 0.528. The molecule has 3 heteroatoms. The van der Waals surface area contributed by atoms with E-state index in [-0.39, 0.29) is 6.04 Å². The van der Waals surface area contributed by atoms with Gasteiger partial charge in [0.1, 0.15) is 0 Å². The van der Waals surface area contributed by atoms with Gasteiger partial charge in [0.15, 0.2) is 0 Å². The summed E-state index contributed by atoms with van der Waals surface area (Å²) < 4.78 is 2.17. The summed E-state index contributed by atoms with van der Waals surface area (Å²) in [6.07, 6.45) is 7.14. The van der Waals surface area contributed by atoms with E-state index >= 15 is 0 Å². The summed E-state index contributed by atoms with van der Waals surface area (Å²) in [5.74, 6) is 0. The third-order valence-electron chi connectivity index (χ3n) is 3.75. The Bertz CT molecular complexity index is 355. The second-order valence-electron chi connectivity index (χ2n) is 5.31. The standard InChI is InChI=1S/C15H29N3/c1-5-7-8-9-10-18-13(4)15(12(3)17-18)11-14(16)6-2/h14H,5-11,16H2,1-4H3. The Morgan fingerprint density at radius 1 is 1.17 bits per heavy atom. The molecule has 0 aliphatic carbocycles. The predicted molar refractivity (Wildman–Crippen MR) is 77.8 cm³/mol. The van der Waals surface area contributed by atoms with Crippen LogP contribution in [0.2, 0.25) is 0 Å². The molecule has 0 aromatic carbocycles. The van der Waals surface area contributed by atoms with Gasteiger partial charge in [-0.25, -0.2) is 0 Å². The number of hydrogen-bond acceptors (Lipinski definition) is 2. The molecular weight excluding hydrogens is 222 g/mol. The maximum atomic E-state index is 6.05. The zero-order chi connectivity index (χ0) is 13.5. The molecule has 1 aromatic heterocycles. The van der Waals surface area contributed by atoms with Crippen molar-refractivity contribution < 1.29 is 0 Å². The minimum Gasteiger partial charge on any atom is -0.327 e. The topological polar surface area (TPSA) is 43.8 Å². The van der Waals surface area contributed by atoms with E-state index in [0.717, 1.165) is 25.1 Å². The van der Waals surface area contributed by atoms with Crippen molar-refractivity contribution in [1.82, 2.24) is 9.78 Å². The van der Waals surface area contributed by atoms with Crippen LogP contribution < -0.4 is 5.73 Å². The van der Waals surface area contributed by atoms with Crippen molar-refractivity contribution in [2.24, 2.45) is 5.73 Å². The number of rotatable bonds is 8. The largest absolute Gasteiger partial charge is 0.327 e. The Morgan fingerprint density at radius 2 is 1.89 bits per heavy atom. The van der Waals surface area contributed by atoms with Crippen LogP contribution in [-0.2, 0) is 13.0 Å². The molecule has 0 fully saturated rings. The monoisotopic (exact) mass is 251 g/mol. The highest BCUT2D eigenvalue weighted by Crippen LogP contribution is 2.16. The molecule has 3 nitrogen and oxygen atoms in total. The highest BCUT2D eigenvalue weighted by atomic mass is 15.3. The van der Waals surface area contributed by atoms with Crippen LogP contribution in [0.1, 0.15) is 62.9 Å². The quantitative estimate of drug-likeness (QED) is 0.720. The maximum absolute atomic E-state index is 6.05. The Balaban J connectivity index is 2.62. The van der Waals surface area contributed by atoms with E-state index in [4.69, 9.17) is 5.73 Å². The number of unbranched alkanes of at least 4 members (excludes halogenated alkanes) is 3. The summed E-state index contributed by atoms with van der Waals surface area (Å²) in [6.45, 7) is 9.72. The molecular formula is C15H29N3. The lowest BCUT2D eigenvalue weighted by Gasteiger charge is -2.09. The van der Waals surface area contributed by atoms with Gasteiger partial charge in [0, 0.05) is 18.3 Å². The van der Waals surface area contributed by atoms with Crippen molar-refractivity contribution in [2.45, 2.75) is 78.8 Å². The van der Waals surface area contributed by atoms with Crippen molar-refractivity contribution >= 4 is 0 Å². The van der Waals surface area contributed by atoms with E-state index in [0.29, 0.717) is 0 Å². The first-order valence-electron chi connectivity index (χ1n) is 7.38. The Labute approximate surface area is 112 Å². The number of hydrogen-bond donors (Lipinski definition) is 1. The molecule has 1 heterocycles. The summed E-state index contributed by atoms with van der Waals surface area (Å²) >= 11 is 0. The number of nitrogens with two attached hydrogens (primary N) is 1. The van der Waals surface area contributed by atoms with Crippen LogP contribution in [0.3, 0.4) is 0 Å². The van der Waals surface area contributed by atoms with Gasteiger partial charge in [-0.15, -0.1) is 0 Å². The minimum absolute atomic E-state index is 0.264. The van der Waals surface area contributed by atoms with Crippen LogP contribution >= 0.6 is 0 Å². The zero-order valence-electron chi connectivity index (χ0n) is 12.5. The third kappa shape index (κ3) is 4.13. The first-order chi connectivity index (χ1) is 8.60. The van der Waals surface area contributed by atoms with Crippen molar-refractivity contribution in [3.63, 3.8) is 0 Å². The first kappa shape index (κ1) is 15.2. The summed E-state index contributed by atoms with van der Waals surface area (Å²) in [5, 5.41) is 4.66. The van der Waals surface area contributed by atoms with E-state index in [1.54, 1.807) is 0 Å². The van der Waals surface area contributed by atoms with Gasteiger partial charge in [0.05, 0.1) is 5.69 Å². The number of aryl methyl sites for hydroxylation is 2. The fourth-order valence-electron chi connectivity index (χ4n) is 2.34. The average Bonchev–Trinajstić information content (AvgIpc) is 2.62. The second kappa shape index (κ2) is 7.57. The Morgan fingerprint density at radius 3 is 2.50 bits per heavy atom. The molecule has 0 saturated carbocycles. The molecule has 0 saturated heterocycles. The van der Waals surface area contributed by atoms with E-state index in [9.17, 15) is 0 Å². The number of aromatic nitrogens is 2. The smallest absolute Gasteiger partial charge is 0.0629 e. The van der Waals surface area contributed by atoms with Gasteiger partial charge in [0.25, 0.3) is 0 Å². The Kier molecular flexibility index (Phi) is 6.41. The highest BCUT2D eigenvalue weighted by molar-refractivity contribution is 5.25. The second-order valence-corrected chi connectivity index (χ2v) is 5.31. The molecule has 0 amide bonds. The van der Waals surface area contributed by atoms with Crippen LogP contribution in [0.25, 0.3) is 0 Å². The Hall–Kier alpha value is -0.830. The molecule has 1 atom stereocenters. The first-order valence-corrected chi connectivity index (χ1v) is 7.38. The van der Waals surface area contributed by atoms with E-state index in [1.807, 2.05) is 0 Å². The molecule has 0 spiro atoms. The van der Waals surface area contributed by atoms with Crippen molar-refractivity contribution in [3.05, 3.63) is 17.0 Å². The molecule has 1 aromatic rings. The fraction of sp³-hybridized carbons (Fsp3) is 0.800. The summed E-state index contributed by atoms with van der Waals surface area (Å²) in [7, 11) is 0. The van der Waals surface area contributed by atoms with Crippen molar-refractivity contribution in [3.8, 4) is 0 Å². The molecule has 18 heavy (non-hydrogen) atoms. The van der Waals surface area contributed by atoms with Crippen molar-refractivity contribution in [2.75, 3.05) is 0 Å². The number of nitrogens with zero attached hydrogens (tertiary/aromatic N) is 2. The van der Waals surface area contributed by atoms with Gasteiger partial charge < -0.3 is 5.73 Å². The minimum atomic E-state index is 0.264. The maximum Gasteiger partial charge on any atom is 0.0629 e. The van der Waals surface area contributed by atoms with Gasteiger partial charge >= 0.3 is 0 Å². The molecule has 2 N–H and O–H groups in total. The molecule has 104 valence electrons. The van der Waals surface area contributed by atoms with Gasteiger partial charge in [-0.3, -0.25) is 4.68 Å². The predicted octanol–water partition coefficient (Wildman–Crippen LogP) is 3.36. The SMILES string of the molecule is CCCCCCn1nc(C)c(CC(N)CC)c1C. The molecule has 1 rings (SSSR count). The molecule has 0 radical (unpaired) electrons. The van der Waals surface area contributed by atoms with Gasteiger partial charge in [0.2, 0.25) is 0 Å². The van der Waals surface area contributed by atoms with Gasteiger partial charge in [-0.2, -0.15) is 5.10 Å². The highest BCUT2D eigenvalue weighted by Gasteiger charge is 2.13. The van der Waals surface area contributed by atoms with Crippen molar-refractivity contribution in [1.29, 1.82) is 0 Å². The molecule has 1 unspecified atom stereocenters. The normalized spacial score (nSPS) is 12.9. The summed E-state index contributed by atoms with van der Waals surface area (Å²) in [5.41, 5.74) is 9.89. The zero-order valence-corrected chi connectivity index (χ0v) is 12.5. The van der Waals surface area contributed by atoms with Gasteiger partial charge in [-0.1, -0.05) is 33.1 Å². The molecule has 0 aliphatic rings. The van der Waals surface area contributed by atoms with Crippen LogP contribution in [0.4, 0.5) is 0 Å². The van der Waals surface area contributed by atoms with E-state index in [2.05, 4.69) is 37.5 Å². The summed E-state index contributed by atoms with van der Waals surface area (Å²) in [6, 6.07) is 0.264. The van der Waals surface area contributed by atoms with Crippen LogP contribution in [0.5, 0.6) is 0 Å². The van der Waals surface area contributed by atoms with Gasteiger partial charge in [-0.05, 0) is 38.7 Å². The van der Waals surface area contributed by atoms with E-state index < -0.39 is 0 Å². The van der Waals surface area contributed by atoms with Crippen LogP contribution in [-0.4, -0.2) is 15.8 Å². The molecule has 0 aliphatic heterocycles.